The van der Waals surface area contributed by atoms with E-state index in [4.69, 9.17) is 0 Å². The first-order valence-electron chi connectivity index (χ1n) is 9.74. The van der Waals surface area contributed by atoms with Crippen LogP contribution in [0, 0.1) is 17.4 Å². The largest absolute Gasteiger partial charge is 0.347 e. The molecule has 0 atom stereocenters. The van der Waals surface area contributed by atoms with Gasteiger partial charge in [-0.3, -0.25) is 9.36 Å². The highest BCUT2D eigenvalue weighted by Gasteiger charge is 2.13. The van der Waals surface area contributed by atoms with Crippen LogP contribution in [0.3, 0.4) is 0 Å². The lowest BCUT2D eigenvalue weighted by Gasteiger charge is -2.11. The molecule has 0 fully saturated rings. The number of nitrogens with one attached hydrogen (secondary N) is 1. The van der Waals surface area contributed by atoms with Crippen molar-refractivity contribution in [3.8, 4) is 16.8 Å². The number of rotatable bonds is 5. The smallest absolute Gasteiger partial charge is 0.270 e. The molecule has 0 bridgehead atoms. The fourth-order valence-corrected chi connectivity index (χ4v) is 4.15. The Morgan fingerprint density at radius 3 is 2.40 bits per heavy atom. The first-order valence-corrected chi connectivity index (χ1v) is 10.8. The van der Waals surface area contributed by atoms with E-state index >= 15 is 0 Å². The van der Waals surface area contributed by atoms with Gasteiger partial charge in [0.05, 0.1) is 12.5 Å². The number of hydrogen-bond acceptors (Lipinski definition) is 2. The maximum absolute atomic E-state index is 12.7. The highest BCUT2D eigenvalue weighted by atomic mass is 127. The molecule has 0 saturated carbocycles. The van der Waals surface area contributed by atoms with E-state index in [0.29, 0.717) is 12.2 Å². The Morgan fingerprint density at radius 1 is 0.967 bits per heavy atom. The van der Waals surface area contributed by atoms with E-state index in [0.717, 1.165) is 20.4 Å². The Bertz CT molecular complexity index is 1180. The van der Waals surface area contributed by atoms with Crippen molar-refractivity contribution in [1.29, 1.82) is 0 Å². The topological polar surface area (TPSA) is 46.9 Å². The quantitative estimate of drug-likeness (QED) is 0.353. The second kappa shape index (κ2) is 8.83. The van der Waals surface area contributed by atoms with Gasteiger partial charge in [-0.05, 0) is 77.4 Å². The first-order chi connectivity index (χ1) is 14.5. The van der Waals surface area contributed by atoms with E-state index in [9.17, 15) is 4.79 Å². The summed E-state index contributed by atoms with van der Waals surface area (Å²) in [5.74, 6) is -0.148. The fraction of sp³-hybridized carbons (Fsp3) is 0.120. The van der Waals surface area contributed by atoms with E-state index in [2.05, 4.69) is 83.1 Å². The minimum absolute atomic E-state index is 0.148. The van der Waals surface area contributed by atoms with Crippen molar-refractivity contribution >= 4 is 28.5 Å². The van der Waals surface area contributed by atoms with Crippen LogP contribution in [0.4, 0.5) is 0 Å². The second-order valence-corrected chi connectivity index (χ2v) is 8.63. The van der Waals surface area contributed by atoms with Gasteiger partial charge in [0.15, 0.2) is 0 Å². The van der Waals surface area contributed by atoms with Crippen molar-refractivity contribution in [1.82, 2.24) is 14.9 Å². The summed E-state index contributed by atoms with van der Waals surface area (Å²) in [6.07, 6.45) is 3.27. The summed E-state index contributed by atoms with van der Waals surface area (Å²) in [6.45, 7) is 4.70. The van der Waals surface area contributed by atoms with Gasteiger partial charge in [-0.25, -0.2) is 4.98 Å². The minimum Gasteiger partial charge on any atom is -0.347 e. The van der Waals surface area contributed by atoms with Crippen molar-refractivity contribution < 1.29 is 4.79 Å². The SMILES string of the molecule is Cc1cc(C)cc(-c2ccc(-n3cncc3C(=O)NCc3cccc(I)c3)cc2)c1. The molecule has 0 spiro atoms. The summed E-state index contributed by atoms with van der Waals surface area (Å²) in [4.78, 5) is 16.9. The Kier molecular flexibility index (Phi) is 5.99. The van der Waals surface area contributed by atoms with Gasteiger partial charge in [0.1, 0.15) is 5.69 Å². The van der Waals surface area contributed by atoms with Crippen molar-refractivity contribution in [2.75, 3.05) is 0 Å². The molecule has 5 heteroatoms. The summed E-state index contributed by atoms with van der Waals surface area (Å²) in [6, 6.07) is 22.8. The third-order valence-electron chi connectivity index (χ3n) is 4.91. The molecule has 1 amide bonds. The first kappa shape index (κ1) is 20.3. The van der Waals surface area contributed by atoms with Gasteiger partial charge in [-0.2, -0.15) is 0 Å². The lowest BCUT2D eigenvalue weighted by atomic mass is 10.0. The molecule has 1 aromatic heterocycles. The van der Waals surface area contributed by atoms with Crippen LogP contribution >= 0.6 is 22.6 Å². The van der Waals surface area contributed by atoms with Crippen LogP contribution < -0.4 is 5.32 Å². The Labute approximate surface area is 190 Å². The van der Waals surface area contributed by atoms with Gasteiger partial charge < -0.3 is 5.32 Å². The lowest BCUT2D eigenvalue weighted by Crippen LogP contribution is -2.25. The molecule has 0 unspecified atom stereocenters. The maximum Gasteiger partial charge on any atom is 0.270 e. The number of hydrogen-bond donors (Lipinski definition) is 1. The maximum atomic E-state index is 12.7. The van der Waals surface area contributed by atoms with Crippen LogP contribution in [0.1, 0.15) is 27.2 Å². The summed E-state index contributed by atoms with van der Waals surface area (Å²) < 4.78 is 2.96. The number of nitrogens with zero attached hydrogens (tertiary/aromatic N) is 2. The standard InChI is InChI=1S/C25H22IN3O/c1-17-10-18(2)12-21(11-17)20-6-8-23(9-7-20)29-16-27-15-24(29)25(30)28-14-19-4-3-5-22(26)13-19/h3-13,15-16H,14H2,1-2H3,(H,28,30). The summed E-state index contributed by atoms with van der Waals surface area (Å²) >= 11 is 2.27. The molecule has 0 aliphatic carbocycles. The zero-order valence-corrected chi connectivity index (χ0v) is 19.1. The van der Waals surface area contributed by atoms with Crippen molar-refractivity contribution in [2.24, 2.45) is 0 Å². The van der Waals surface area contributed by atoms with Crippen molar-refractivity contribution in [2.45, 2.75) is 20.4 Å². The molecule has 0 aliphatic heterocycles. The van der Waals surface area contributed by atoms with Gasteiger partial charge >= 0.3 is 0 Å². The fourth-order valence-electron chi connectivity index (χ4n) is 3.54. The summed E-state index contributed by atoms with van der Waals surface area (Å²) in [7, 11) is 0. The average Bonchev–Trinajstić information content (AvgIpc) is 3.21. The number of aryl methyl sites for hydroxylation is 2. The van der Waals surface area contributed by atoms with Crippen molar-refractivity contribution in [3.05, 3.63) is 105 Å². The monoisotopic (exact) mass is 507 g/mol. The molecule has 1 heterocycles. The summed E-state index contributed by atoms with van der Waals surface area (Å²) in [5.41, 5.74) is 7.32. The van der Waals surface area contributed by atoms with Crippen LogP contribution in [-0.4, -0.2) is 15.5 Å². The molecule has 4 nitrogen and oxygen atoms in total. The molecule has 4 aromatic rings. The van der Waals surface area contributed by atoms with Crippen LogP contribution in [0.15, 0.2) is 79.3 Å². The predicted molar refractivity (Wildman–Crippen MR) is 129 cm³/mol. The molecule has 150 valence electrons. The molecule has 0 saturated heterocycles. The van der Waals surface area contributed by atoms with E-state index < -0.39 is 0 Å². The van der Waals surface area contributed by atoms with Gasteiger partial charge in [0, 0.05) is 15.8 Å². The lowest BCUT2D eigenvalue weighted by molar-refractivity contribution is 0.0944. The zero-order chi connectivity index (χ0) is 21.1. The second-order valence-electron chi connectivity index (χ2n) is 7.38. The summed E-state index contributed by atoms with van der Waals surface area (Å²) in [5, 5.41) is 2.99. The molecule has 30 heavy (non-hydrogen) atoms. The number of amides is 1. The number of imidazole rings is 1. The number of carbonyl (C=O) groups is 1. The molecule has 1 N–H and O–H groups in total. The third kappa shape index (κ3) is 4.62. The van der Waals surface area contributed by atoms with Crippen LogP contribution in [0.5, 0.6) is 0 Å². The van der Waals surface area contributed by atoms with E-state index in [-0.39, 0.29) is 5.91 Å². The molecule has 0 aliphatic rings. The Hall–Kier alpha value is -2.93. The molecular formula is C25H22IN3O. The minimum atomic E-state index is -0.148. The van der Waals surface area contributed by atoms with Crippen molar-refractivity contribution in [3.63, 3.8) is 0 Å². The zero-order valence-electron chi connectivity index (χ0n) is 16.9. The van der Waals surface area contributed by atoms with Crippen LogP contribution in [0.25, 0.3) is 16.8 Å². The van der Waals surface area contributed by atoms with Gasteiger partial charge in [0.2, 0.25) is 0 Å². The predicted octanol–water partition coefficient (Wildman–Crippen LogP) is 5.69. The van der Waals surface area contributed by atoms with Gasteiger partial charge in [-0.15, -0.1) is 0 Å². The van der Waals surface area contributed by atoms with E-state index in [1.165, 1.54) is 16.7 Å². The van der Waals surface area contributed by atoms with E-state index in [1.54, 1.807) is 12.5 Å². The van der Waals surface area contributed by atoms with Crippen LogP contribution in [-0.2, 0) is 6.54 Å². The Balaban J connectivity index is 1.53. The molecule has 0 radical (unpaired) electrons. The van der Waals surface area contributed by atoms with Gasteiger partial charge in [0.25, 0.3) is 5.91 Å². The number of aromatic nitrogens is 2. The number of halogens is 1. The highest BCUT2D eigenvalue weighted by molar-refractivity contribution is 14.1. The average molecular weight is 507 g/mol. The molecular weight excluding hydrogens is 485 g/mol. The third-order valence-corrected chi connectivity index (χ3v) is 5.58. The van der Waals surface area contributed by atoms with Gasteiger partial charge in [-0.1, -0.05) is 53.6 Å². The van der Waals surface area contributed by atoms with Crippen LogP contribution in [0.2, 0.25) is 0 Å². The number of benzene rings is 3. The normalized spacial score (nSPS) is 10.8. The Morgan fingerprint density at radius 2 is 1.70 bits per heavy atom. The number of carbonyl (C=O) groups excluding carboxylic acids is 1. The highest BCUT2D eigenvalue weighted by Crippen LogP contribution is 2.24. The molecule has 4 rings (SSSR count). The van der Waals surface area contributed by atoms with E-state index in [1.807, 2.05) is 34.9 Å². The molecule has 3 aromatic carbocycles.